The highest BCUT2D eigenvalue weighted by molar-refractivity contribution is 5.79. The number of carbonyl (C=O) groups is 2. The first-order valence-corrected chi connectivity index (χ1v) is 7.66. The van der Waals surface area contributed by atoms with Gasteiger partial charge < -0.3 is 10.0 Å². The molecule has 0 aromatic carbocycles. The number of amides is 1. The molecule has 0 aromatic heterocycles. The summed E-state index contributed by atoms with van der Waals surface area (Å²) in [7, 11) is 0. The lowest BCUT2D eigenvalue weighted by molar-refractivity contribution is -0.146. The molecule has 0 unspecified atom stereocenters. The highest BCUT2D eigenvalue weighted by Gasteiger charge is 2.34. The summed E-state index contributed by atoms with van der Waals surface area (Å²) in [4.78, 5) is 25.6. The zero-order valence-corrected chi connectivity index (χ0v) is 11.8. The number of aliphatic carboxylic acids is 1. The van der Waals surface area contributed by atoms with Gasteiger partial charge >= 0.3 is 5.97 Å². The van der Waals surface area contributed by atoms with Crippen molar-refractivity contribution in [1.82, 2.24) is 4.90 Å². The van der Waals surface area contributed by atoms with Crippen molar-refractivity contribution in [2.75, 3.05) is 6.54 Å². The van der Waals surface area contributed by atoms with Gasteiger partial charge in [0.15, 0.2) is 0 Å². The molecule has 0 spiro atoms. The van der Waals surface area contributed by atoms with E-state index in [9.17, 15) is 9.59 Å². The van der Waals surface area contributed by atoms with Gasteiger partial charge in [-0.3, -0.25) is 9.59 Å². The van der Waals surface area contributed by atoms with Crippen molar-refractivity contribution >= 4 is 11.9 Å². The second kappa shape index (κ2) is 6.40. The van der Waals surface area contributed by atoms with E-state index >= 15 is 0 Å². The Labute approximate surface area is 115 Å². The summed E-state index contributed by atoms with van der Waals surface area (Å²) in [6.45, 7) is 2.85. The fourth-order valence-electron chi connectivity index (χ4n) is 3.63. The molecule has 0 heterocycles. The van der Waals surface area contributed by atoms with Gasteiger partial charge in [-0.15, -0.1) is 0 Å². The Balaban J connectivity index is 1.90. The predicted molar refractivity (Wildman–Crippen MR) is 72.7 cm³/mol. The number of rotatable bonds is 4. The molecule has 0 aromatic rings. The number of carboxylic acids is 1. The van der Waals surface area contributed by atoms with Crippen molar-refractivity contribution in [3.05, 3.63) is 0 Å². The minimum Gasteiger partial charge on any atom is -0.481 e. The fraction of sp³-hybridized carbons (Fsp3) is 0.867. The molecule has 1 amide bonds. The molecule has 4 heteroatoms. The fourth-order valence-corrected chi connectivity index (χ4v) is 3.63. The average molecular weight is 267 g/mol. The first kappa shape index (κ1) is 14.4. The monoisotopic (exact) mass is 267 g/mol. The number of hydrogen-bond donors (Lipinski definition) is 1. The number of nitrogens with zero attached hydrogens (tertiary/aromatic N) is 1. The Morgan fingerprint density at radius 2 is 1.53 bits per heavy atom. The van der Waals surface area contributed by atoms with Crippen LogP contribution in [0.2, 0.25) is 0 Å². The molecule has 2 aliphatic rings. The molecule has 0 saturated heterocycles. The topological polar surface area (TPSA) is 57.6 Å². The van der Waals surface area contributed by atoms with Crippen molar-refractivity contribution < 1.29 is 14.7 Å². The summed E-state index contributed by atoms with van der Waals surface area (Å²) < 4.78 is 0. The SMILES string of the molecule is CCN(C(=O)C1CCC(C(=O)O)CC1)C1CCCC1. The van der Waals surface area contributed by atoms with Crippen LogP contribution in [0.3, 0.4) is 0 Å². The van der Waals surface area contributed by atoms with Crippen LogP contribution in [0.25, 0.3) is 0 Å². The van der Waals surface area contributed by atoms with Crippen LogP contribution in [-0.4, -0.2) is 34.5 Å². The van der Waals surface area contributed by atoms with Gasteiger partial charge in [-0.25, -0.2) is 0 Å². The zero-order chi connectivity index (χ0) is 13.8. The molecule has 4 nitrogen and oxygen atoms in total. The summed E-state index contributed by atoms with van der Waals surface area (Å²) >= 11 is 0. The van der Waals surface area contributed by atoms with E-state index in [4.69, 9.17) is 5.11 Å². The standard InChI is InChI=1S/C15H25NO3/c1-2-16(13-5-3-4-6-13)14(17)11-7-9-12(10-8-11)15(18)19/h11-13H,2-10H2,1H3,(H,18,19). The summed E-state index contributed by atoms with van der Waals surface area (Å²) in [5.41, 5.74) is 0. The van der Waals surface area contributed by atoms with Crippen LogP contribution >= 0.6 is 0 Å². The Hall–Kier alpha value is -1.06. The normalized spacial score (nSPS) is 28.3. The van der Waals surface area contributed by atoms with E-state index in [-0.39, 0.29) is 17.7 Å². The van der Waals surface area contributed by atoms with Crippen molar-refractivity contribution in [3.63, 3.8) is 0 Å². The molecule has 0 radical (unpaired) electrons. The largest absolute Gasteiger partial charge is 0.481 e. The molecule has 2 saturated carbocycles. The van der Waals surface area contributed by atoms with E-state index in [2.05, 4.69) is 11.8 Å². The van der Waals surface area contributed by atoms with Crippen LogP contribution in [0.1, 0.15) is 58.3 Å². The summed E-state index contributed by atoms with van der Waals surface area (Å²) in [5, 5.41) is 9.00. The van der Waals surface area contributed by atoms with Crippen molar-refractivity contribution in [2.24, 2.45) is 11.8 Å². The first-order chi connectivity index (χ1) is 9.13. The second-order valence-electron chi connectivity index (χ2n) is 5.95. The van der Waals surface area contributed by atoms with E-state index in [1.165, 1.54) is 12.8 Å². The predicted octanol–water partition coefficient (Wildman–Crippen LogP) is 2.67. The van der Waals surface area contributed by atoms with E-state index < -0.39 is 5.97 Å². The Morgan fingerprint density at radius 1 is 1.00 bits per heavy atom. The summed E-state index contributed by atoms with van der Waals surface area (Å²) in [6, 6.07) is 0.440. The lowest BCUT2D eigenvalue weighted by Crippen LogP contribution is -2.43. The quantitative estimate of drug-likeness (QED) is 0.852. The maximum absolute atomic E-state index is 12.6. The van der Waals surface area contributed by atoms with E-state index in [0.717, 1.165) is 32.2 Å². The summed E-state index contributed by atoms with van der Waals surface area (Å²) in [6.07, 6.45) is 7.58. The van der Waals surface area contributed by atoms with E-state index in [1.807, 2.05) is 0 Å². The van der Waals surface area contributed by atoms with Crippen LogP contribution in [0.4, 0.5) is 0 Å². The van der Waals surface area contributed by atoms with Gasteiger partial charge in [-0.2, -0.15) is 0 Å². The van der Waals surface area contributed by atoms with Crippen molar-refractivity contribution in [3.8, 4) is 0 Å². The van der Waals surface area contributed by atoms with Gasteiger partial charge in [0.2, 0.25) is 5.91 Å². The lowest BCUT2D eigenvalue weighted by Gasteiger charge is -2.34. The third-order valence-electron chi connectivity index (χ3n) is 4.81. The number of hydrogen-bond acceptors (Lipinski definition) is 2. The molecule has 2 rings (SSSR count). The summed E-state index contributed by atoms with van der Waals surface area (Å²) in [5.74, 6) is -0.589. The van der Waals surface area contributed by atoms with Gasteiger partial charge in [0, 0.05) is 18.5 Å². The van der Waals surface area contributed by atoms with Crippen molar-refractivity contribution in [1.29, 1.82) is 0 Å². The Bertz CT molecular complexity index is 328. The molecule has 0 atom stereocenters. The van der Waals surface area contributed by atoms with Gasteiger partial charge in [0.25, 0.3) is 0 Å². The van der Waals surface area contributed by atoms with Gasteiger partial charge in [-0.1, -0.05) is 12.8 Å². The Kier molecular flexibility index (Phi) is 4.83. The highest BCUT2D eigenvalue weighted by atomic mass is 16.4. The van der Waals surface area contributed by atoms with Crippen molar-refractivity contribution in [2.45, 2.75) is 64.3 Å². The van der Waals surface area contributed by atoms with Crippen LogP contribution in [0.15, 0.2) is 0 Å². The molecule has 19 heavy (non-hydrogen) atoms. The molecule has 108 valence electrons. The minimum atomic E-state index is -0.700. The highest BCUT2D eigenvalue weighted by Crippen LogP contribution is 2.32. The third kappa shape index (κ3) is 3.28. The Morgan fingerprint density at radius 3 is 2.00 bits per heavy atom. The molecular formula is C15H25NO3. The smallest absolute Gasteiger partial charge is 0.306 e. The molecular weight excluding hydrogens is 242 g/mol. The molecule has 0 aliphatic heterocycles. The zero-order valence-electron chi connectivity index (χ0n) is 11.8. The van der Waals surface area contributed by atoms with Gasteiger partial charge in [0.05, 0.1) is 5.92 Å². The second-order valence-corrected chi connectivity index (χ2v) is 5.95. The molecule has 2 fully saturated rings. The number of carbonyl (C=O) groups excluding carboxylic acids is 1. The molecule has 2 aliphatic carbocycles. The lowest BCUT2D eigenvalue weighted by atomic mass is 9.81. The van der Waals surface area contributed by atoms with Crippen LogP contribution in [-0.2, 0) is 9.59 Å². The van der Waals surface area contributed by atoms with E-state index in [0.29, 0.717) is 18.9 Å². The maximum Gasteiger partial charge on any atom is 0.306 e. The first-order valence-electron chi connectivity index (χ1n) is 7.66. The van der Waals surface area contributed by atoms with Gasteiger partial charge in [0.1, 0.15) is 0 Å². The molecule has 0 bridgehead atoms. The number of carboxylic acid groups (broad SMARTS) is 1. The van der Waals surface area contributed by atoms with Crippen LogP contribution < -0.4 is 0 Å². The molecule has 1 N–H and O–H groups in total. The van der Waals surface area contributed by atoms with Crippen LogP contribution in [0.5, 0.6) is 0 Å². The van der Waals surface area contributed by atoms with E-state index in [1.54, 1.807) is 0 Å². The maximum atomic E-state index is 12.6. The minimum absolute atomic E-state index is 0.0659. The van der Waals surface area contributed by atoms with Gasteiger partial charge in [-0.05, 0) is 45.4 Å². The average Bonchev–Trinajstić information content (AvgIpc) is 2.93. The van der Waals surface area contributed by atoms with Crippen LogP contribution in [0, 0.1) is 11.8 Å². The third-order valence-corrected chi connectivity index (χ3v) is 4.81.